The number of hydrogen-bond donors (Lipinski definition) is 1. The van der Waals surface area contributed by atoms with Crippen molar-refractivity contribution in [3.05, 3.63) is 34.3 Å². The van der Waals surface area contributed by atoms with E-state index in [1.807, 2.05) is 24.3 Å². The summed E-state index contributed by atoms with van der Waals surface area (Å²) in [7, 11) is 0. The summed E-state index contributed by atoms with van der Waals surface area (Å²) in [5, 5.41) is 8.93. The van der Waals surface area contributed by atoms with E-state index in [1.54, 1.807) is 4.90 Å². The number of benzene rings is 1. The molecule has 1 fully saturated rings. The van der Waals surface area contributed by atoms with Gasteiger partial charge in [-0.2, -0.15) is 0 Å². The molecule has 1 saturated heterocycles. The van der Waals surface area contributed by atoms with Crippen molar-refractivity contribution in [3.8, 4) is 0 Å². The summed E-state index contributed by atoms with van der Waals surface area (Å²) in [6, 6.07) is 7.75. The highest BCUT2D eigenvalue weighted by molar-refractivity contribution is 9.10. The first kappa shape index (κ1) is 18.9. The van der Waals surface area contributed by atoms with Gasteiger partial charge in [0.05, 0.1) is 6.42 Å². The van der Waals surface area contributed by atoms with Crippen LogP contribution in [-0.2, 0) is 20.9 Å². The van der Waals surface area contributed by atoms with Gasteiger partial charge in [0.2, 0.25) is 5.91 Å². The maximum atomic E-state index is 12.6. The number of carboxylic acids is 1. The Morgan fingerprint density at radius 1 is 1.25 bits per heavy atom. The summed E-state index contributed by atoms with van der Waals surface area (Å²) in [6.07, 6.45) is 3.31. The van der Waals surface area contributed by atoms with Crippen LogP contribution in [0.1, 0.15) is 37.7 Å². The highest BCUT2D eigenvalue weighted by atomic mass is 79.9. The quantitative estimate of drug-likeness (QED) is 0.729. The zero-order chi connectivity index (χ0) is 17.4. The van der Waals surface area contributed by atoms with E-state index in [-0.39, 0.29) is 18.9 Å². The van der Waals surface area contributed by atoms with Crippen molar-refractivity contribution in [1.82, 2.24) is 4.90 Å². The third-order valence-electron chi connectivity index (χ3n) is 4.32. The SMILES string of the molecule is O=C(O)CCN(Cc1cccc(Br)c1)C(=O)CCC1CCOCC1. The molecule has 24 heavy (non-hydrogen) atoms. The van der Waals surface area contributed by atoms with Gasteiger partial charge in [0.1, 0.15) is 0 Å². The first-order chi connectivity index (χ1) is 11.5. The molecule has 0 radical (unpaired) electrons. The van der Waals surface area contributed by atoms with E-state index in [9.17, 15) is 9.59 Å². The van der Waals surface area contributed by atoms with Gasteiger partial charge in [0.25, 0.3) is 0 Å². The average molecular weight is 398 g/mol. The van der Waals surface area contributed by atoms with Gasteiger partial charge in [0, 0.05) is 37.2 Å². The van der Waals surface area contributed by atoms with Crippen molar-refractivity contribution in [1.29, 1.82) is 0 Å². The van der Waals surface area contributed by atoms with Crippen molar-refractivity contribution >= 4 is 27.8 Å². The number of nitrogens with zero attached hydrogens (tertiary/aromatic N) is 1. The highest BCUT2D eigenvalue weighted by Gasteiger charge is 2.19. The molecule has 1 aliphatic heterocycles. The van der Waals surface area contributed by atoms with Crippen molar-refractivity contribution in [2.45, 2.75) is 38.6 Å². The van der Waals surface area contributed by atoms with Crippen LogP contribution in [0.15, 0.2) is 28.7 Å². The monoisotopic (exact) mass is 397 g/mol. The summed E-state index contributed by atoms with van der Waals surface area (Å²) in [5.74, 6) is -0.316. The van der Waals surface area contributed by atoms with Crippen LogP contribution in [0.5, 0.6) is 0 Å². The molecule has 1 N–H and O–H groups in total. The number of ether oxygens (including phenoxy) is 1. The standard InChI is InChI=1S/C18H24BrNO4/c19-16-3-1-2-15(12-16)13-20(9-6-18(22)23)17(21)5-4-14-7-10-24-11-8-14/h1-3,12,14H,4-11,13H2,(H,22,23). The number of carbonyl (C=O) groups is 2. The minimum absolute atomic E-state index is 0.0303. The first-order valence-electron chi connectivity index (χ1n) is 8.36. The second kappa shape index (κ2) is 9.79. The molecule has 0 atom stereocenters. The summed E-state index contributed by atoms with van der Waals surface area (Å²) in [6.45, 7) is 2.24. The topological polar surface area (TPSA) is 66.8 Å². The Kier molecular flexibility index (Phi) is 7.72. The van der Waals surface area contributed by atoms with E-state index < -0.39 is 5.97 Å². The molecule has 0 unspecified atom stereocenters. The van der Waals surface area contributed by atoms with Gasteiger partial charge in [-0.05, 0) is 42.9 Å². The van der Waals surface area contributed by atoms with Crippen LogP contribution in [0.2, 0.25) is 0 Å². The minimum Gasteiger partial charge on any atom is -0.481 e. The predicted octanol–water partition coefficient (Wildman–Crippen LogP) is 3.46. The average Bonchev–Trinajstić information content (AvgIpc) is 2.57. The van der Waals surface area contributed by atoms with E-state index in [2.05, 4.69) is 15.9 Å². The molecule has 1 aliphatic rings. The van der Waals surface area contributed by atoms with Gasteiger partial charge in [-0.25, -0.2) is 0 Å². The molecule has 0 spiro atoms. The summed E-state index contributed by atoms with van der Waals surface area (Å²) < 4.78 is 6.30. The number of halogens is 1. The fourth-order valence-electron chi connectivity index (χ4n) is 2.90. The Hall–Kier alpha value is -1.40. The molecule has 6 heteroatoms. The lowest BCUT2D eigenvalue weighted by molar-refractivity contribution is -0.138. The summed E-state index contributed by atoms with van der Waals surface area (Å²) in [4.78, 5) is 25.1. The first-order valence-corrected chi connectivity index (χ1v) is 9.15. The molecule has 0 aromatic heterocycles. The summed E-state index contributed by atoms with van der Waals surface area (Å²) in [5.41, 5.74) is 0.995. The fraction of sp³-hybridized carbons (Fsp3) is 0.556. The molecule has 1 aromatic rings. The van der Waals surface area contributed by atoms with Crippen LogP contribution < -0.4 is 0 Å². The molecule has 0 bridgehead atoms. The Bertz CT molecular complexity index is 558. The number of carboxylic acid groups (broad SMARTS) is 1. The van der Waals surface area contributed by atoms with Gasteiger partial charge in [0.15, 0.2) is 0 Å². The molecular formula is C18H24BrNO4. The van der Waals surface area contributed by atoms with Crippen LogP contribution in [0, 0.1) is 5.92 Å². The summed E-state index contributed by atoms with van der Waals surface area (Å²) >= 11 is 3.42. The molecule has 132 valence electrons. The molecule has 1 amide bonds. The lowest BCUT2D eigenvalue weighted by Crippen LogP contribution is -2.33. The van der Waals surface area contributed by atoms with Crippen LogP contribution in [0.4, 0.5) is 0 Å². The van der Waals surface area contributed by atoms with E-state index >= 15 is 0 Å². The smallest absolute Gasteiger partial charge is 0.305 e. The highest BCUT2D eigenvalue weighted by Crippen LogP contribution is 2.21. The Balaban J connectivity index is 1.92. The third kappa shape index (κ3) is 6.61. The van der Waals surface area contributed by atoms with Gasteiger partial charge in [-0.15, -0.1) is 0 Å². The number of rotatable bonds is 8. The zero-order valence-electron chi connectivity index (χ0n) is 13.7. The molecule has 0 saturated carbocycles. The van der Waals surface area contributed by atoms with Crippen molar-refractivity contribution in [2.75, 3.05) is 19.8 Å². The fourth-order valence-corrected chi connectivity index (χ4v) is 3.35. The van der Waals surface area contributed by atoms with Crippen LogP contribution in [-0.4, -0.2) is 41.6 Å². The van der Waals surface area contributed by atoms with E-state index in [4.69, 9.17) is 9.84 Å². The Morgan fingerprint density at radius 3 is 2.67 bits per heavy atom. The van der Waals surface area contributed by atoms with E-state index in [1.165, 1.54) is 0 Å². The van der Waals surface area contributed by atoms with Crippen LogP contribution >= 0.6 is 15.9 Å². The number of amides is 1. The van der Waals surface area contributed by atoms with Crippen LogP contribution in [0.25, 0.3) is 0 Å². The van der Waals surface area contributed by atoms with Gasteiger partial charge < -0.3 is 14.7 Å². The predicted molar refractivity (Wildman–Crippen MR) is 94.6 cm³/mol. The van der Waals surface area contributed by atoms with Crippen LogP contribution in [0.3, 0.4) is 0 Å². The second-order valence-corrected chi connectivity index (χ2v) is 7.10. The van der Waals surface area contributed by atoms with Gasteiger partial charge in [-0.1, -0.05) is 28.1 Å². The molecule has 5 nitrogen and oxygen atoms in total. The number of hydrogen-bond acceptors (Lipinski definition) is 3. The zero-order valence-corrected chi connectivity index (χ0v) is 15.3. The van der Waals surface area contributed by atoms with Crippen molar-refractivity contribution in [3.63, 3.8) is 0 Å². The molecule has 0 aliphatic carbocycles. The second-order valence-electron chi connectivity index (χ2n) is 6.18. The van der Waals surface area contributed by atoms with Gasteiger partial charge >= 0.3 is 5.97 Å². The van der Waals surface area contributed by atoms with Crippen molar-refractivity contribution < 1.29 is 19.4 Å². The van der Waals surface area contributed by atoms with E-state index in [0.717, 1.165) is 42.5 Å². The third-order valence-corrected chi connectivity index (χ3v) is 4.81. The maximum Gasteiger partial charge on any atom is 0.305 e. The Labute approximate surface area is 151 Å². The number of carbonyl (C=O) groups excluding carboxylic acids is 1. The molecular weight excluding hydrogens is 374 g/mol. The largest absolute Gasteiger partial charge is 0.481 e. The lowest BCUT2D eigenvalue weighted by atomic mass is 9.94. The maximum absolute atomic E-state index is 12.6. The molecule has 1 heterocycles. The lowest BCUT2D eigenvalue weighted by Gasteiger charge is -2.25. The minimum atomic E-state index is -0.883. The van der Waals surface area contributed by atoms with Crippen molar-refractivity contribution in [2.24, 2.45) is 5.92 Å². The molecule has 1 aromatic carbocycles. The Morgan fingerprint density at radius 2 is 2.00 bits per heavy atom. The van der Waals surface area contributed by atoms with Gasteiger partial charge in [-0.3, -0.25) is 9.59 Å². The molecule has 2 rings (SSSR count). The van der Waals surface area contributed by atoms with E-state index in [0.29, 0.717) is 18.9 Å². The number of aliphatic carboxylic acids is 1. The normalized spacial score (nSPS) is 15.2.